The number of methoxy groups -OCH3 is 1. The number of nitrogen functional groups attached to an aromatic ring is 1. The van der Waals surface area contributed by atoms with Crippen molar-refractivity contribution in [3.8, 4) is 11.5 Å². The smallest absolute Gasteiger partial charge is 0.138 e. The van der Waals surface area contributed by atoms with Gasteiger partial charge in [-0.3, -0.25) is 0 Å². The van der Waals surface area contributed by atoms with Crippen LogP contribution in [0.3, 0.4) is 0 Å². The zero-order valence-electron chi connectivity index (χ0n) is 6.07. The van der Waals surface area contributed by atoms with Crippen molar-refractivity contribution in [3.63, 3.8) is 0 Å². The number of anilines is 1. The number of hydrogen-bond donors (Lipinski definition) is 2. The summed E-state index contributed by atoms with van der Waals surface area (Å²) in [4.78, 5) is 0. The molecular formula is C7H10ClNO2. The van der Waals surface area contributed by atoms with E-state index in [1.54, 1.807) is 19.2 Å². The Hall–Kier alpha value is -1.09. The molecule has 4 heteroatoms. The molecule has 0 aliphatic rings. The minimum atomic E-state index is 0. The number of phenolic OH excluding ortho intramolecular Hbond substituents is 1. The van der Waals surface area contributed by atoms with E-state index in [1.165, 1.54) is 6.07 Å². The summed E-state index contributed by atoms with van der Waals surface area (Å²) in [7, 11) is 1.55. The fraction of sp³-hybridized carbons (Fsp3) is 0.143. The van der Waals surface area contributed by atoms with Crippen molar-refractivity contribution in [2.24, 2.45) is 0 Å². The van der Waals surface area contributed by atoms with Gasteiger partial charge in [0.05, 0.1) is 12.8 Å². The summed E-state index contributed by atoms with van der Waals surface area (Å²) >= 11 is 0. The molecule has 1 aromatic rings. The van der Waals surface area contributed by atoms with E-state index in [0.717, 1.165) is 0 Å². The van der Waals surface area contributed by atoms with E-state index in [0.29, 0.717) is 11.4 Å². The molecule has 0 aliphatic carbocycles. The second-order valence-electron chi connectivity index (χ2n) is 1.92. The first-order valence-corrected chi connectivity index (χ1v) is 2.86. The van der Waals surface area contributed by atoms with E-state index >= 15 is 0 Å². The van der Waals surface area contributed by atoms with E-state index in [1.807, 2.05) is 0 Å². The second-order valence-corrected chi connectivity index (χ2v) is 1.92. The van der Waals surface area contributed by atoms with Crippen molar-refractivity contribution in [2.75, 3.05) is 12.8 Å². The number of nitrogens with two attached hydrogens (primary N) is 1. The van der Waals surface area contributed by atoms with E-state index in [-0.39, 0.29) is 18.2 Å². The molecule has 0 bridgehead atoms. The molecule has 0 unspecified atom stereocenters. The van der Waals surface area contributed by atoms with Crippen molar-refractivity contribution < 1.29 is 9.84 Å². The molecule has 0 saturated heterocycles. The zero-order chi connectivity index (χ0) is 7.56. The van der Waals surface area contributed by atoms with Crippen LogP contribution >= 0.6 is 12.4 Å². The summed E-state index contributed by atoms with van der Waals surface area (Å²) in [5.74, 6) is 0.733. The highest BCUT2D eigenvalue weighted by Crippen LogP contribution is 2.24. The lowest BCUT2D eigenvalue weighted by molar-refractivity contribution is 0.413. The molecule has 1 rings (SSSR count). The molecule has 3 nitrogen and oxygen atoms in total. The molecule has 0 spiro atoms. The quantitative estimate of drug-likeness (QED) is 0.501. The lowest BCUT2D eigenvalue weighted by Gasteiger charge is -2.01. The fourth-order valence-electron chi connectivity index (χ4n) is 0.660. The van der Waals surface area contributed by atoms with Crippen LogP contribution in [-0.4, -0.2) is 12.2 Å². The minimum Gasteiger partial charge on any atom is -0.506 e. The summed E-state index contributed by atoms with van der Waals surface area (Å²) in [6, 6.07) is 4.70. The third-order valence-electron chi connectivity index (χ3n) is 1.23. The largest absolute Gasteiger partial charge is 0.506 e. The number of ether oxygens (including phenoxy) is 1. The Morgan fingerprint density at radius 2 is 2.09 bits per heavy atom. The molecule has 0 saturated carbocycles. The summed E-state index contributed by atoms with van der Waals surface area (Å²) < 4.78 is 4.86. The third-order valence-corrected chi connectivity index (χ3v) is 1.23. The third kappa shape index (κ3) is 2.20. The minimum absolute atomic E-state index is 0. The molecule has 0 heterocycles. The summed E-state index contributed by atoms with van der Waals surface area (Å²) in [5.41, 5.74) is 5.70. The first-order chi connectivity index (χ1) is 4.74. The zero-order valence-corrected chi connectivity index (χ0v) is 6.89. The Morgan fingerprint density at radius 1 is 1.45 bits per heavy atom. The molecule has 1 aromatic carbocycles. The second kappa shape index (κ2) is 3.93. The van der Waals surface area contributed by atoms with Gasteiger partial charge in [-0.25, -0.2) is 0 Å². The van der Waals surface area contributed by atoms with Gasteiger partial charge in [-0.1, -0.05) is 0 Å². The van der Waals surface area contributed by atoms with Gasteiger partial charge in [0.2, 0.25) is 0 Å². The number of phenols is 1. The maximum atomic E-state index is 8.96. The van der Waals surface area contributed by atoms with Crippen LogP contribution in [0.4, 0.5) is 5.69 Å². The topological polar surface area (TPSA) is 55.5 Å². The highest BCUT2D eigenvalue weighted by atomic mass is 35.5. The van der Waals surface area contributed by atoms with Gasteiger partial charge in [0, 0.05) is 6.07 Å². The predicted molar refractivity (Wildman–Crippen MR) is 46.3 cm³/mol. The van der Waals surface area contributed by atoms with E-state index in [9.17, 15) is 0 Å². The molecule has 0 amide bonds. The van der Waals surface area contributed by atoms with E-state index in [2.05, 4.69) is 0 Å². The molecule has 0 aliphatic heterocycles. The van der Waals surface area contributed by atoms with Crippen LogP contribution in [0.2, 0.25) is 0 Å². The van der Waals surface area contributed by atoms with Crippen LogP contribution < -0.4 is 10.5 Å². The monoisotopic (exact) mass is 175 g/mol. The Morgan fingerprint density at radius 3 is 2.55 bits per heavy atom. The van der Waals surface area contributed by atoms with Gasteiger partial charge >= 0.3 is 0 Å². The molecule has 11 heavy (non-hydrogen) atoms. The first kappa shape index (κ1) is 9.91. The number of benzene rings is 1. The van der Waals surface area contributed by atoms with Crippen LogP contribution in [0.1, 0.15) is 0 Å². The number of rotatable bonds is 1. The SMILES string of the molecule is COc1ccc(O)c(N)c1.Cl. The van der Waals surface area contributed by atoms with Gasteiger partial charge in [-0.15, -0.1) is 12.4 Å². The van der Waals surface area contributed by atoms with Gasteiger partial charge < -0.3 is 15.6 Å². The number of halogens is 1. The number of hydrogen-bond acceptors (Lipinski definition) is 3. The van der Waals surface area contributed by atoms with Crippen LogP contribution in [0, 0.1) is 0 Å². The van der Waals surface area contributed by atoms with Crippen molar-refractivity contribution in [2.45, 2.75) is 0 Å². The first-order valence-electron chi connectivity index (χ1n) is 2.86. The summed E-state index contributed by atoms with van der Waals surface area (Å²) in [6.45, 7) is 0. The van der Waals surface area contributed by atoms with E-state index in [4.69, 9.17) is 15.6 Å². The predicted octanol–water partition coefficient (Wildman–Crippen LogP) is 1.40. The van der Waals surface area contributed by atoms with Gasteiger partial charge in [0.15, 0.2) is 0 Å². The highest BCUT2D eigenvalue weighted by Gasteiger charge is 1.96. The molecule has 62 valence electrons. The molecule has 0 aromatic heterocycles. The Balaban J connectivity index is 0.000001000. The molecule has 0 radical (unpaired) electrons. The highest BCUT2D eigenvalue weighted by molar-refractivity contribution is 5.85. The van der Waals surface area contributed by atoms with Gasteiger partial charge in [0.25, 0.3) is 0 Å². The van der Waals surface area contributed by atoms with Crippen LogP contribution in [0.25, 0.3) is 0 Å². The average molecular weight is 176 g/mol. The fourth-order valence-corrected chi connectivity index (χ4v) is 0.660. The maximum Gasteiger partial charge on any atom is 0.138 e. The van der Waals surface area contributed by atoms with Crippen LogP contribution in [0.15, 0.2) is 18.2 Å². The van der Waals surface area contributed by atoms with Gasteiger partial charge in [-0.2, -0.15) is 0 Å². The Kier molecular flexibility index (Phi) is 3.54. The summed E-state index contributed by atoms with van der Waals surface area (Å²) in [5, 5.41) is 8.96. The summed E-state index contributed by atoms with van der Waals surface area (Å²) in [6.07, 6.45) is 0. The molecule has 3 N–H and O–H groups in total. The Bertz CT molecular complexity index is 240. The molecule has 0 fully saturated rings. The molecule has 0 atom stereocenters. The lowest BCUT2D eigenvalue weighted by Crippen LogP contribution is -1.87. The Labute approximate surface area is 71.2 Å². The average Bonchev–Trinajstić information content (AvgIpc) is 1.95. The van der Waals surface area contributed by atoms with E-state index < -0.39 is 0 Å². The van der Waals surface area contributed by atoms with Crippen molar-refractivity contribution in [3.05, 3.63) is 18.2 Å². The van der Waals surface area contributed by atoms with Gasteiger partial charge in [-0.05, 0) is 12.1 Å². The number of aromatic hydroxyl groups is 1. The van der Waals surface area contributed by atoms with Crippen molar-refractivity contribution in [1.29, 1.82) is 0 Å². The maximum absolute atomic E-state index is 8.96. The standard InChI is InChI=1S/C7H9NO2.ClH/c1-10-5-2-3-7(9)6(8)4-5;/h2-4,9H,8H2,1H3;1H. The van der Waals surface area contributed by atoms with Crippen LogP contribution in [0.5, 0.6) is 11.5 Å². The lowest BCUT2D eigenvalue weighted by atomic mass is 10.3. The van der Waals surface area contributed by atoms with Crippen LogP contribution in [-0.2, 0) is 0 Å². The molecular weight excluding hydrogens is 166 g/mol. The van der Waals surface area contributed by atoms with Crippen molar-refractivity contribution >= 4 is 18.1 Å². The van der Waals surface area contributed by atoms with Gasteiger partial charge in [0.1, 0.15) is 11.5 Å². The van der Waals surface area contributed by atoms with Crippen molar-refractivity contribution in [1.82, 2.24) is 0 Å². The normalized spacial score (nSPS) is 8.45.